The van der Waals surface area contributed by atoms with Gasteiger partial charge >= 0.3 is 5.97 Å². The van der Waals surface area contributed by atoms with Gasteiger partial charge in [0.05, 0.1) is 13.2 Å². The predicted octanol–water partition coefficient (Wildman–Crippen LogP) is 1.19. The number of aliphatic carboxylic acids is 1. The fourth-order valence-corrected chi connectivity index (χ4v) is 3.50. The highest BCUT2D eigenvalue weighted by Crippen LogP contribution is 2.41. The minimum atomic E-state index is -0.775. The van der Waals surface area contributed by atoms with E-state index >= 15 is 0 Å². The van der Waals surface area contributed by atoms with E-state index in [1.165, 1.54) is 0 Å². The first kappa shape index (κ1) is 15.4. The topological polar surface area (TPSA) is 88.7 Å². The Kier molecular flexibility index (Phi) is 4.18. The molecule has 2 atom stereocenters. The van der Waals surface area contributed by atoms with Crippen molar-refractivity contribution in [2.75, 3.05) is 26.3 Å². The summed E-state index contributed by atoms with van der Waals surface area (Å²) < 4.78 is 10.7. The second-order valence-electron chi connectivity index (χ2n) is 6.87. The van der Waals surface area contributed by atoms with Gasteiger partial charge in [0.2, 0.25) is 5.89 Å². The molecule has 0 radical (unpaired) electrons. The van der Waals surface area contributed by atoms with Gasteiger partial charge in [0.1, 0.15) is 5.41 Å². The molecule has 2 fully saturated rings. The van der Waals surface area contributed by atoms with E-state index in [1.54, 1.807) is 0 Å². The van der Waals surface area contributed by atoms with Gasteiger partial charge in [0.15, 0.2) is 5.82 Å². The number of rotatable bonds is 5. The lowest BCUT2D eigenvalue weighted by molar-refractivity contribution is -0.159. The van der Waals surface area contributed by atoms with Crippen molar-refractivity contribution in [3.63, 3.8) is 0 Å². The summed E-state index contributed by atoms with van der Waals surface area (Å²) in [6.07, 6.45) is 1.57. The largest absolute Gasteiger partial charge is 0.481 e. The molecular formula is C15H23N3O4. The molecule has 0 saturated carbocycles. The number of carbonyl (C=O) groups is 1. The lowest BCUT2D eigenvalue weighted by Gasteiger charge is -2.34. The molecule has 0 spiro atoms. The molecule has 0 amide bonds. The maximum atomic E-state index is 11.7. The molecule has 22 heavy (non-hydrogen) atoms. The lowest BCUT2D eigenvalue weighted by atomic mass is 9.76. The van der Waals surface area contributed by atoms with Crippen molar-refractivity contribution in [2.24, 2.45) is 17.3 Å². The van der Waals surface area contributed by atoms with Gasteiger partial charge in [-0.3, -0.25) is 9.69 Å². The van der Waals surface area contributed by atoms with Crippen LogP contribution in [0.4, 0.5) is 0 Å². The Morgan fingerprint density at radius 3 is 3.05 bits per heavy atom. The van der Waals surface area contributed by atoms with Crippen molar-refractivity contribution >= 4 is 5.97 Å². The van der Waals surface area contributed by atoms with Crippen LogP contribution in [0.15, 0.2) is 4.52 Å². The predicted molar refractivity (Wildman–Crippen MR) is 77.1 cm³/mol. The molecule has 3 rings (SSSR count). The average molecular weight is 309 g/mol. The van der Waals surface area contributed by atoms with Gasteiger partial charge in [-0.15, -0.1) is 0 Å². The number of carboxylic acid groups (broad SMARTS) is 1. The Bertz CT molecular complexity index is 545. The smallest absolute Gasteiger partial charge is 0.313 e. The standard InChI is InChI=1S/C15H23N3O4/c1-10(2)5-13-16-12(17-22-13)7-18-6-11-3-4-21-9-15(11,8-18)14(19)20/h10-11H,3-9H2,1-2H3,(H,19,20)/t11-,15+/m0/s1. The van der Waals surface area contributed by atoms with Crippen molar-refractivity contribution in [3.05, 3.63) is 11.7 Å². The molecule has 7 nitrogen and oxygen atoms in total. The summed E-state index contributed by atoms with van der Waals surface area (Å²) in [5.41, 5.74) is -0.775. The van der Waals surface area contributed by atoms with Crippen molar-refractivity contribution in [1.29, 1.82) is 0 Å². The monoisotopic (exact) mass is 309 g/mol. The SMILES string of the molecule is CC(C)Cc1nc(CN2C[C@@H]3CCOC[C@]3(C(=O)O)C2)no1. The van der Waals surface area contributed by atoms with Crippen LogP contribution in [0, 0.1) is 17.3 Å². The molecule has 1 aromatic heterocycles. The van der Waals surface area contributed by atoms with E-state index in [0.29, 0.717) is 43.9 Å². The van der Waals surface area contributed by atoms with Crippen LogP contribution in [-0.2, 0) is 22.5 Å². The number of nitrogens with zero attached hydrogens (tertiary/aromatic N) is 3. The number of hydrogen-bond donors (Lipinski definition) is 1. The number of ether oxygens (including phenoxy) is 1. The molecule has 7 heteroatoms. The molecule has 0 aliphatic carbocycles. The Labute approximate surface area is 129 Å². The summed E-state index contributed by atoms with van der Waals surface area (Å²) in [6, 6.07) is 0. The van der Waals surface area contributed by atoms with Crippen molar-refractivity contribution in [3.8, 4) is 0 Å². The highest BCUT2D eigenvalue weighted by atomic mass is 16.5. The maximum Gasteiger partial charge on any atom is 0.313 e. The number of aromatic nitrogens is 2. The van der Waals surface area contributed by atoms with Crippen LogP contribution in [0.1, 0.15) is 32.0 Å². The third-order valence-electron chi connectivity index (χ3n) is 4.62. The normalized spacial score (nSPS) is 29.0. The first-order valence-electron chi connectivity index (χ1n) is 7.84. The zero-order chi connectivity index (χ0) is 15.7. The summed E-state index contributed by atoms with van der Waals surface area (Å²) in [5, 5.41) is 13.6. The summed E-state index contributed by atoms with van der Waals surface area (Å²) in [5.74, 6) is 1.14. The van der Waals surface area contributed by atoms with Gasteiger partial charge in [-0.05, 0) is 18.3 Å². The van der Waals surface area contributed by atoms with E-state index in [9.17, 15) is 9.90 Å². The van der Waals surface area contributed by atoms with E-state index in [-0.39, 0.29) is 5.92 Å². The number of likely N-dealkylation sites (tertiary alicyclic amines) is 1. The number of carboxylic acids is 1. The van der Waals surface area contributed by atoms with Crippen LogP contribution < -0.4 is 0 Å². The maximum absolute atomic E-state index is 11.7. The van der Waals surface area contributed by atoms with E-state index in [2.05, 4.69) is 28.9 Å². The van der Waals surface area contributed by atoms with Crippen LogP contribution in [0.5, 0.6) is 0 Å². The lowest BCUT2D eigenvalue weighted by Crippen LogP contribution is -2.46. The molecule has 0 aromatic carbocycles. The van der Waals surface area contributed by atoms with E-state index < -0.39 is 11.4 Å². The number of fused-ring (bicyclic) bond motifs is 1. The molecule has 1 aromatic rings. The van der Waals surface area contributed by atoms with Gasteiger partial charge < -0.3 is 14.4 Å². The zero-order valence-electron chi connectivity index (χ0n) is 13.1. The Balaban J connectivity index is 1.67. The quantitative estimate of drug-likeness (QED) is 0.874. The molecule has 0 bridgehead atoms. The third kappa shape index (κ3) is 2.87. The zero-order valence-corrected chi connectivity index (χ0v) is 13.1. The highest BCUT2D eigenvalue weighted by molar-refractivity contribution is 5.76. The van der Waals surface area contributed by atoms with Gasteiger partial charge in [-0.2, -0.15) is 4.98 Å². The van der Waals surface area contributed by atoms with E-state index in [4.69, 9.17) is 9.26 Å². The second kappa shape index (κ2) is 5.96. The highest BCUT2D eigenvalue weighted by Gasteiger charge is 2.54. The van der Waals surface area contributed by atoms with Gasteiger partial charge in [-0.1, -0.05) is 19.0 Å². The third-order valence-corrected chi connectivity index (χ3v) is 4.62. The van der Waals surface area contributed by atoms with Gasteiger partial charge in [-0.25, -0.2) is 0 Å². The first-order valence-corrected chi connectivity index (χ1v) is 7.84. The molecule has 2 aliphatic rings. The van der Waals surface area contributed by atoms with Gasteiger partial charge in [0.25, 0.3) is 0 Å². The fourth-order valence-electron chi connectivity index (χ4n) is 3.50. The molecule has 1 N–H and O–H groups in total. The van der Waals surface area contributed by atoms with Crippen LogP contribution in [-0.4, -0.2) is 52.4 Å². The first-order chi connectivity index (χ1) is 10.5. The van der Waals surface area contributed by atoms with Crippen molar-refractivity contribution < 1.29 is 19.2 Å². The molecule has 2 aliphatic heterocycles. The molecule has 122 valence electrons. The molecule has 2 saturated heterocycles. The average Bonchev–Trinajstić information content (AvgIpc) is 3.02. The molecular weight excluding hydrogens is 286 g/mol. The summed E-state index contributed by atoms with van der Waals surface area (Å²) in [6.45, 7) is 6.93. The molecule has 0 unspecified atom stereocenters. The fraction of sp³-hybridized carbons (Fsp3) is 0.800. The minimum Gasteiger partial charge on any atom is -0.481 e. The van der Waals surface area contributed by atoms with Crippen LogP contribution >= 0.6 is 0 Å². The van der Waals surface area contributed by atoms with Gasteiger partial charge in [0, 0.05) is 26.1 Å². The summed E-state index contributed by atoms with van der Waals surface area (Å²) >= 11 is 0. The number of hydrogen-bond acceptors (Lipinski definition) is 6. The van der Waals surface area contributed by atoms with Crippen molar-refractivity contribution in [1.82, 2.24) is 15.0 Å². The van der Waals surface area contributed by atoms with Crippen LogP contribution in [0.2, 0.25) is 0 Å². The van der Waals surface area contributed by atoms with Crippen LogP contribution in [0.25, 0.3) is 0 Å². The second-order valence-corrected chi connectivity index (χ2v) is 6.87. The Hall–Kier alpha value is -1.47. The Morgan fingerprint density at radius 2 is 2.36 bits per heavy atom. The van der Waals surface area contributed by atoms with Crippen molar-refractivity contribution in [2.45, 2.75) is 33.2 Å². The van der Waals surface area contributed by atoms with E-state index in [0.717, 1.165) is 19.4 Å². The van der Waals surface area contributed by atoms with E-state index in [1.807, 2.05) is 0 Å². The minimum absolute atomic E-state index is 0.140. The summed E-state index contributed by atoms with van der Waals surface area (Å²) in [7, 11) is 0. The summed E-state index contributed by atoms with van der Waals surface area (Å²) in [4.78, 5) is 18.2. The van der Waals surface area contributed by atoms with Crippen LogP contribution in [0.3, 0.4) is 0 Å². The Morgan fingerprint density at radius 1 is 1.55 bits per heavy atom. The molecule has 3 heterocycles.